The number of hydrogen-bond donors (Lipinski definition) is 0. The number of benzene rings is 2. The Morgan fingerprint density at radius 1 is 0.943 bits per heavy atom. The highest BCUT2D eigenvalue weighted by Gasteiger charge is 2.28. The number of methoxy groups -OCH3 is 3. The van der Waals surface area contributed by atoms with Gasteiger partial charge in [-0.05, 0) is 42.3 Å². The van der Waals surface area contributed by atoms with Gasteiger partial charge in [0, 0.05) is 38.7 Å². The summed E-state index contributed by atoms with van der Waals surface area (Å²) < 4.78 is 25.0. The summed E-state index contributed by atoms with van der Waals surface area (Å²) in [5.74, 6) is 2.67. The van der Waals surface area contributed by atoms with Crippen LogP contribution >= 0.6 is 0 Å². The van der Waals surface area contributed by atoms with Crippen LogP contribution in [-0.2, 0) is 17.8 Å². The zero-order valence-corrected chi connectivity index (χ0v) is 20.8. The lowest BCUT2D eigenvalue weighted by molar-refractivity contribution is -0.686. The van der Waals surface area contributed by atoms with E-state index >= 15 is 0 Å². The zero-order valence-electron chi connectivity index (χ0n) is 20.8. The second-order valence-corrected chi connectivity index (χ2v) is 9.04. The Bertz CT molecular complexity index is 1270. The molecule has 3 aromatic rings. The van der Waals surface area contributed by atoms with Gasteiger partial charge in [-0.25, -0.2) is 0 Å². The quantitative estimate of drug-likeness (QED) is 0.508. The molecular weight excluding hydrogens is 446 g/mol. The summed E-state index contributed by atoms with van der Waals surface area (Å²) in [7, 11) is 7.02. The molecule has 0 N–H and O–H groups in total. The number of ether oxygens (including phenoxy) is 4. The van der Waals surface area contributed by atoms with Crippen molar-refractivity contribution in [3.8, 4) is 34.3 Å². The van der Waals surface area contributed by atoms with Gasteiger partial charge in [0.15, 0.2) is 42.3 Å². The number of carbonyl (C=O) groups is 1. The second-order valence-electron chi connectivity index (χ2n) is 9.04. The molecule has 0 atom stereocenters. The molecule has 0 saturated carbocycles. The predicted octanol–water partition coefficient (Wildman–Crippen LogP) is 2.53. The van der Waals surface area contributed by atoms with Crippen LogP contribution in [0.2, 0.25) is 0 Å². The van der Waals surface area contributed by atoms with E-state index in [4.69, 9.17) is 18.9 Å². The van der Waals surface area contributed by atoms with Crippen LogP contribution in [0.15, 0.2) is 36.5 Å². The third kappa shape index (κ3) is 4.34. The van der Waals surface area contributed by atoms with E-state index in [1.807, 2.05) is 29.2 Å². The summed E-state index contributed by atoms with van der Waals surface area (Å²) in [5.41, 5.74) is 3.36. The van der Waals surface area contributed by atoms with Crippen molar-refractivity contribution in [3.63, 3.8) is 0 Å². The first kappa shape index (κ1) is 23.2. The smallest absolute Gasteiger partial charge is 0.260 e. The maximum Gasteiger partial charge on any atom is 0.260 e. The van der Waals surface area contributed by atoms with E-state index in [-0.39, 0.29) is 12.5 Å². The minimum Gasteiger partial charge on any atom is -0.493 e. The van der Waals surface area contributed by atoms with Gasteiger partial charge in [-0.1, -0.05) is 0 Å². The number of hydrogen-bond acceptors (Lipinski definition) is 6. The summed E-state index contributed by atoms with van der Waals surface area (Å²) >= 11 is 0. The molecule has 1 amide bonds. The normalized spacial score (nSPS) is 15.4. The Kier molecular flexibility index (Phi) is 6.38. The molecule has 8 heteroatoms. The molecule has 3 heterocycles. The van der Waals surface area contributed by atoms with Crippen molar-refractivity contribution in [2.75, 3.05) is 61.2 Å². The lowest BCUT2D eigenvalue weighted by Gasteiger charge is -2.32. The van der Waals surface area contributed by atoms with E-state index in [2.05, 4.69) is 28.8 Å². The van der Waals surface area contributed by atoms with Crippen molar-refractivity contribution in [2.45, 2.75) is 13.0 Å². The predicted molar refractivity (Wildman–Crippen MR) is 133 cm³/mol. The monoisotopic (exact) mass is 478 g/mol. The van der Waals surface area contributed by atoms with Crippen molar-refractivity contribution >= 4 is 16.7 Å². The Balaban J connectivity index is 1.47. The largest absolute Gasteiger partial charge is 0.493 e. The molecule has 0 bridgehead atoms. The highest BCUT2D eigenvalue weighted by molar-refractivity contribution is 5.91. The zero-order chi connectivity index (χ0) is 24.5. The SMILES string of the molecule is COc1cc2c(cc1OCC(=O)N1CCN(C)CC1)-c1cc3ccc(OC)c(OC)c3c[n+]1CC2. The van der Waals surface area contributed by atoms with Gasteiger partial charge in [-0.3, -0.25) is 4.79 Å². The fraction of sp³-hybridized carbons (Fsp3) is 0.407. The average Bonchev–Trinajstić information content (AvgIpc) is 2.89. The lowest BCUT2D eigenvalue weighted by atomic mass is 9.95. The molecule has 5 rings (SSSR count). The molecule has 35 heavy (non-hydrogen) atoms. The van der Waals surface area contributed by atoms with Crippen LogP contribution < -0.4 is 23.5 Å². The van der Waals surface area contributed by atoms with Gasteiger partial charge in [0.25, 0.3) is 5.91 Å². The van der Waals surface area contributed by atoms with Crippen LogP contribution in [0, 0.1) is 0 Å². The summed E-state index contributed by atoms with van der Waals surface area (Å²) in [6.07, 6.45) is 2.98. The maximum atomic E-state index is 12.7. The molecule has 2 aromatic carbocycles. The van der Waals surface area contributed by atoms with Crippen molar-refractivity contribution in [2.24, 2.45) is 0 Å². The summed E-state index contributed by atoms with van der Waals surface area (Å²) in [6.45, 7) is 4.05. The van der Waals surface area contributed by atoms with Crippen LogP contribution in [0.5, 0.6) is 23.0 Å². The highest BCUT2D eigenvalue weighted by atomic mass is 16.5. The fourth-order valence-electron chi connectivity index (χ4n) is 4.95. The first-order valence-electron chi connectivity index (χ1n) is 11.9. The number of rotatable bonds is 6. The van der Waals surface area contributed by atoms with E-state index in [1.54, 1.807) is 21.3 Å². The van der Waals surface area contributed by atoms with E-state index in [9.17, 15) is 4.79 Å². The Morgan fingerprint density at radius 2 is 1.71 bits per heavy atom. The van der Waals surface area contributed by atoms with Gasteiger partial charge in [0.1, 0.15) is 0 Å². The lowest BCUT2D eigenvalue weighted by Crippen LogP contribution is -2.48. The fourth-order valence-corrected chi connectivity index (χ4v) is 4.95. The van der Waals surface area contributed by atoms with Crippen LogP contribution in [0.4, 0.5) is 0 Å². The van der Waals surface area contributed by atoms with Crippen LogP contribution in [0.3, 0.4) is 0 Å². The second kappa shape index (κ2) is 9.62. The van der Waals surface area contributed by atoms with Gasteiger partial charge >= 0.3 is 0 Å². The number of carbonyl (C=O) groups excluding carboxylic acids is 1. The number of amides is 1. The van der Waals surface area contributed by atoms with Gasteiger partial charge in [-0.15, -0.1) is 0 Å². The maximum absolute atomic E-state index is 12.7. The summed E-state index contributed by atoms with van der Waals surface area (Å²) in [5, 5.41) is 2.06. The number of nitrogens with zero attached hydrogens (tertiary/aromatic N) is 3. The molecule has 2 aliphatic rings. The van der Waals surface area contributed by atoms with Gasteiger partial charge in [0.2, 0.25) is 5.69 Å². The summed E-state index contributed by atoms with van der Waals surface area (Å²) in [4.78, 5) is 16.8. The van der Waals surface area contributed by atoms with E-state index in [0.29, 0.717) is 17.2 Å². The van der Waals surface area contributed by atoms with Crippen LogP contribution in [0.1, 0.15) is 5.56 Å². The first-order chi connectivity index (χ1) is 17.0. The minimum absolute atomic E-state index is 0.000291. The Hall–Kier alpha value is -3.52. The standard InChI is InChI=1S/C27H32N3O5/c1-28-9-11-29(12-10-28)26(31)17-35-25-15-20-19(14-24(25)33-3)7-8-30-16-21-18(13-22(20)30)5-6-23(32-2)27(21)34-4/h5-6,13-16H,7-12,17H2,1-4H3/q+1. The number of likely N-dealkylation sites (N-methyl/N-ethyl adjacent to an activating group) is 1. The van der Waals surface area contributed by atoms with Gasteiger partial charge < -0.3 is 28.7 Å². The molecule has 8 nitrogen and oxygen atoms in total. The third-order valence-electron chi connectivity index (χ3n) is 7.00. The molecule has 1 aromatic heterocycles. The number of pyridine rings is 1. The number of aromatic nitrogens is 1. The average molecular weight is 479 g/mol. The van der Waals surface area contributed by atoms with Crippen molar-refractivity contribution in [1.29, 1.82) is 0 Å². The number of aryl methyl sites for hydroxylation is 2. The van der Waals surface area contributed by atoms with Crippen LogP contribution in [0.25, 0.3) is 22.0 Å². The minimum atomic E-state index is -0.00637. The number of fused-ring (bicyclic) bond motifs is 4. The van der Waals surface area contributed by atoms with Gasteiger partial charge in [-0.2, -0.15) is 4.57 Å². The Morgan fingerprint density at radius 3 is 2.43 bits per heavy atom. The van der Waals surface area contributed by atoms with Gasteiger partial charge in [0.05, 0.1) is 32.3 Å². The van der Waals surface area contributed by atoms with Crippen molar-refractivity contribution in [1.82, 2.24) is 9.80 Å². The first-order valence-corrected chi connectivity index (χ1v) is 11.9. The molecular formula is C27H32N3O5+. The molecule has 0 unspecified atom stereocenters. The molecule has 2 aliphatic heterocycles. The molecule has 0 aliphatic carbocycles. The van der Waals surface area contributed by atoms with Crippen molar-refractivity contribution < 1.29 is 28.3 Å². The van der Waals surface area contributed by atoms with E-state index < -0.39 is 0 Å². The molecule has 184 valence electrons. The summed E-state index contributed by atoms with van der Waals surface area (Å²) in [6, 6.07) is 10.2. The highest BCUT2D eigenvalue weighted by Crippen LogP contribution is 2.40. The van der Waals surface area contributed by atoms with Crippen LogP contribution in [-0.4, -0.2) is 76.9 Å². The topological polar surface area (TPSA) is 64.4 Å². The van der Waals surface area contributed by atoms with E-state index in [0.717, 1.165) is 66.9 Å². The molecule has 0 radical (unpaired) electrons. The van der Waals surface area contributed by atoms with Crippen molar-refractivity contribution in [3.05, 3.63) is 42.1 Å². The third-order valence-corrected chi connectivity index (χ3v) is 7.00. The van der Waals surface area contributed by atoms with E-state index in [1.165, 1.54) is 5.56 Å². The number of piperazine rings is 1. The Labute approximate surface area is 205 Å². The molecule has 0 spiro atoms. The molecule has 1 saturated heterocycles. The molecule has 1 fully saturated rings.